The van der Waals surface area contributed by atoms with Crippen LogP contribution in [0.25, 0.3) is 0 Å². The summed E-state index contributed by atoms with van der Waals surface area (Å²) < 4.78 is 10.3. The molecule has 1 atom stereocenters. The average Bonchev–Trinajstić information content (AvgIpc) is 2.92. The smallest absolute Gasteiger partial charge is 0.350 e. The molecule has 9 heteroatoms. The van der Waals surface area contributed by atoms with E-state index in [1.165, 1.54) is 11.3 Å². The molecule has 1 rings (SSSR count). The zero-order valence-electron chi connectivity index (χ0n) is 16.4. The van der Waals surface area contributed by atoms with Crippen molar-refractivity contribution in [1.82, 2.24) is 15.6 Å². The first-order valence-electron chi connectivity index (χ1n) is 8.40. The number of thiazole rings is 1. The summed E-state index contributed by atoms with van der Waals surface area (Å²) in [6, 6.07) is -0.202. The molecule has 2 N–H and O–H groups in total. The van der Waals surface area contributed by atoms with Gasteiger partial charge in [0.1, 0.15) is 22.0 Å². The lowest BCUT2D eigenvalue weighted by Crippen LogP contribution is -2.42. The molecule has 1 heterocycles. The van der Waals surface area contributed by atoms with Crippen LogP contribution in [0, 0.1) is 6.92 Å². The van der Waals surface area contributed by atoms with Crippen molar-refractivity contribution in [2.24, 2.45) is 4.99 Å². The topological polar surface area (TPSA) is 102 Å². The Morgan fingerprint density at radius 1 is 1.35 bits per heavy atom. The van der Waals surface area contributed by atoms with Crippen molar-refractivity contribution < 1.29 is 19.1 Å². The third-order valence-corrected chi connectivity index (χ3v) is 4.36. The Kier molecular flexibility index (Phi) is 8.01. The summed E-state index contributed by atoms with van der Waals surface area (Å²) in [6.07, 6.45) is 0. The van der Waals surface area contributed by atoms with Crippen molar-refractivity contribution >= 4 is 29.2 Å². The minimum Gasteiger partial charge on any atom is -0.462 e. The Bertz CT molecular complexity index is 664. The fourth-order valence-electron chi connectivity index (χ4n) is 1.98. The molecule has 0 aromatic carbocycles. The summed E-state index contributed by atoms with van der Waals surface area (Å²) in [5.74, 6) is -0.301. The number of carbonyl (C=O) groups excluding carboxylic acids is 2. The summed E-state index contributed by atoms with van der Waals surface area (Å²) >= 11 is 1.28. The molecule has 1 unspecified atom stereocenters. The predicted octanol–water partition coefficient (Wildman–Crippen LogP) is 2.20. The maximum atomic E-state index is 11.9. The van der Waals surface area contributed by atoms with Gasteiger partial charge in [0, 0.05) is 7.05 Å². The molecule has 0 spiro atoms. The number of aryl methyl sites for hydroxylation is 1. The fourth-order valence-corrected chi connectivity index (χ4v) is 2.95. The molecule has 0 aliphatic heterocycles. The van der Waals surface area contributed by atoms with E-state index < -0.39 is 5.60 Å². The number of ether oxygens (including phenoxy) is 2. The molecule has 0 amide bonds. The maximum Gasteiger partial charge on any atom is 0.350 e. The monoisotopic (exact) mass is 384 g/mol. The number of nitrogens with one attached hydrogen (secondary N) is 2. The van der Waals surface area contributed by atoms with Gasteiger partial charge in [0.05, 0.1) is 18.3 Å². The first-order chi connectivity index (χ1) is 12.1. The summed E-state index contributed by atoms with van der Waals surface area (Å²) in [6.45, 7) is 11.2. The van der Waals surface area contributed by atoms with E-state index >= 15 is 0 Å². The number of esters is 2. The summed E-state index contributed by atoms with van der Waals surface area (Å²) in [5.41, 5.74) is 0.0964. The summed E-state index contributed by atoms with van der Waals surface area (Å²) in [7, 11) is 1.61. The highest BCUT2D eigenvalue weighted by atomic mass is 32.1. The van der Waals surface area contributed by atoms with E-state index in [0.717, 1.165) is 5.01 Å². The zero-order valence-corrected chi connectivity index (χ0v) is 17.2. The fraction of sp³-hybridized carbons (Fsp3) is 0.647. The molecule has 146 valence electrons. The van der Waals surface area contributed by atoms with E-state index in [4.69, 9.17) is 9.47 Å². The van der Waals surface area contributed by atoms with E-state index in [2.05, 4.69) is 20.6 Å². The highest BCUT2D eigenvalue weighted by Gasteiger charge is 2.21. The number of hydrogen-bond donors (Lipinski definition) is 2. The minimum atomic E-state index is -0.537. The molecule has 0 fully saturated rings. The second-order valence-electron chi connectivity index (χ2n) is 6.57. The predicted molar refractivity (Wildman–Crippen MR) is 102 cm³/mol. The van der Waals surface area contributed by atoms with Crippen LogP contribution in [0.5, 0.6) is 0 Å². The van der Waals surface area contributed by atoms with Crippen LogP contribution in [0.1, 0.15) is 61.0 Å². The van der Waals surface area contributed by atoms with Gasteiger partial charge in [-0.05, 0) is 41.5 Å². The molecule has 0 bridgehead atoms. The highest BCUT2D eigenvalue weighted by Crippen LogP contribution is 2.24. The second-order valence-corrected chi connectivity index (χ2v) is 7.60. The largest absolute Gasteiger partial charge is 0.462 e. The maximum absolute atomic E-state index is 11.9. The lowest BCUT2D eigenvalue weighted by Gasteiger charge is -2.20. The second kappa shape index (κ2) is 9.51. The average molecular weight is 385 g/mol. The van der Waals surface area contributed by atoms with Gasteiger partial charge in [-0.15, -0.1) is 11.3 Å². The quantitative estimate of drug-likeness (QED) is 0.440. The van der Waals surface area contributed by atoms with Gasteiger partial charge in [0.2, 0.25) is 0 Å². The Balaban J connectivity index is 2.67. The normalized spacial score (nSPS) is 13.1. The molecule has 0 aliphatic carbocycles. The molecule has 8 nitrogen and oxygen atoms in total. The Hall–Kier alpha value is -2.16. The number of nitrogens with zero attached hydrogens (tertiary/aromatic N) is 2. The van der Waals surface area contributed by atoms with Crippen LogP contribution in [-0.4, -0.2) is 48.7 Å². The van der Waals surface area contributed by atoms with Gasteiger partial charge in [-0.2, -0.15) is 0 Å². The molecule has 0 radical (unpaired) electrons. The van der Waals surface area contributed by atoms with Crippen molar-refractivity contribution in [3.05, 3.63) is 15.6 Å². The van der Waals surface area contributed by atoms with Crippen LogP contribution in [0.2, 0.25) is 0 Å². The van der Waals surface area contributed by atoms with Crippen LogP contribution in [-0.2, 0) is 14.3 Å². The molecule has 0 aliphatic rings. The SMILES string of the molecule is CCOC(=O)c1sc(C(C)NC(=NC)NCC(=O)OC(C)(C)C)nc1C. The lowest BCUT2D eigenvalue weighted by molar-refractivity contribution is -0.153. The number of hydrogen-bond acceptors (Lipinski definition) is 7. The first-order valence-corrected chi connectivity index (χ1v) is 9.22. The van der Waals surface area contributed by atoms with Gasteiger partial charge >= 0.3 is 11.9 Å². The molecule has 1 aromatic rings. The molecule has 0 saturated heterocycles. The van der Waals surface area contributed by atoms with E-state index in [-0.39, 0.29) is 24.5 Å². The van der Waals surface area contributed by atoms with Gasteiger partial charge in [0.25, 0.3) is 0 Å². The summed E-state index contributed by atoms with van der Waals surface area (Å²) in [4.78, 5) is 32.7. The van der Waals surface area contributed by atoms with Crippen LogP contribution in [0.4, 0.5) is 0 Å². The van der Waals surface area contributed by atoms with Crippen molar-refractivity contribution in [2.45, 2.75) is 53.2 Å². The number of aromatic nitrogens is 1. The Morgan fingerprint density at radius 3 is 2.54 bits per heavy atom. The number of rotatable bonds is 6. The Morgan fingerprint density at radius 2 is 2.00 bits per heavy atom. The van der Waals surface area contributed by atoms with Crippen molar-refractivity contribution in [3.63, 3.8) is 0 Å². The van der Waals surface area contributed by atoms with Crippen molar-refractivity contribution in [1.29, 1.82) is 0 Å². The van der Waals surface area contributed by atoms with Gasteiger partial charge in [-0.25, -0.2) is 9.78 Å². The van der Waals surface area contributed by atoms with E-state index in [1.54, 1.807) is 20.9 Å². The first kappa shape index (κ1) is 21.9. The molecule has 26 heavy (non-hydrogen) atoms. The third kappa shape index (κ3) is 6.99. The van der Waals surface area contributed by atoms with Gasteiger partial charge in [-0.3, -0.25) is 9.79 Å². The Labute approximate surface area is 158 Å². The molecular formula is C17H28N4O4S. The van der Waals surface area contributed by atoms with Crippen molar-refractivity contribution in [2.75, 3.05) is 20.2 Å². The van der Waals surface area contributed by atoms with E-state index in [0.29, 0.717) is 23.1 Å². The number of carbonyl (C=O) groups is 2. The van der Waals surface area contributed by atoms with Crippen LogP contribution in [0.3, 0.4) is 0 Å². The third-order valence-electron chi connectivity index (χ3n) is 3.04. The standard InChI is InChI=1S/C17H28N4O4S/c1-8-24-15(23)13-10(2)20-14(26-13)11(3)21-16(18-7)19-9-12(22)25-17(4,5)6/h11H,8-9H2,1-7H3,(H2,18,19,21). The zero-order chi connectivity index (χ0) is 19.9. The molecule has 0 saturated carbocycles. The van der Waals surface area contributed by atoms with E-state index in [1.807, 2.05) is 27.7 Å². The molecular weight excluding hydrogens is 356 g/mol. The minimum absolute atomic E-state index is 0.00532. The summed E-state index contributed by atoms with van der Waals surface area (Å²) in [5, 5.41) is 6.77. The van der Waals surface area contributed by atoms with Crippen molar-refractivity contribution in [3.8, 4) is 0 Å². The van der Waals surface area contributed by atoms with Crippen LogP contribution >= 0.6 is 11.3 Å². The lowest BCUT2D eigenvalue weighted by atomic mass is 10.2. The van der Waals surface area contributed by atoms with Gasteiger partial charge in [-0.1, -0.05) is 0 Å². The van der Waals surface area contributed by atoms with Gasteiger partial charge < -0.3 is 20.1 Å². The number of aliphatic imine (C=N–C) groups is 1. The number of guanidine groups is 1. The van der Waals surface area contributed by atoms with Gasteiger partial charge in [0.15, 0.2) is 5.96 Å². The van der Waals surface area contributed by atoms with E-state index in [9.17, 15) is 9.59 Å². The van der Waals surface area contributed by atoms with Crippen LogP contribution in [0.15, 0.2) is 4.99 Å². The highest BCUT2D eigenvalue weighted by molar-refractivity contribution is 7.13. The van der Waals surface area contributed by atoms with Crippen LogP contribution < -0.4 is 10.6 Å². The molecule has 1 aromatic heterocycles.